The molecule has 2 aromatic carbocycles. The number of hydrogen-bond donors (Lipinski definition) is 1. The fraction of sp³-hybridized carbons (Fsp3) is 0.190. The van der Waals surface area contributed by atoms with Gasteiger partial charge in [0.15, 0.2) is 0 Å². The number of benzene rings is 2. The minimum atomic E-state index is -0.0498. The van der Waals surface area contributed by atoms with Crippen molar-refractivity contribution >= 4 is 27.7 Å². The van der Waals surface area contributed by atoms with Crippen LogP contribution in [0.4, 0.5) is 0 Å². The van der Waals surface area contributed by atoms with Gasteiger partial charge in [-0.05, 0) is 47.9 Å². The number of hydrogen-bond acceptors (Lipinski definition) is 2. The molecule has 1 amide bonds. The quantitative estimate of drug-likeness (QED) is 0.600. The predicted molar refractivity (Wildman–Crippen MR) is 104 cm³/mol. The van der Waals surface area contributed by atoms with Crippen molar-refractivity contribution < 1.29 is 9.53 Å². The molecule has 5 heteroatoms. The molecule has 0 radical (unpaired) electrons. The molecule has 26 heavy (non-hydrogen) atoms. The highest BCUT2D eigenvalue weighted by atomic mass is 16.5. The van der Waals surface area contributed by atoms with Crippen molar-refractivity contribution in [2.75, 3.05) is 13.7 Å². The smallest absolute Gasteiger partial charge is 0.251 e. The zero-order chi connectivity index (χ0) is 18.1. The highest BCUT2D eigenvalue weighted by Crippen LogP contribution is 2.21. The summed E-state index contributed by atoms with van der Waals surface area (Å²) < 4.78 is 9.41. The van der Waals surface area contributed by atoms with Crippen LogP contribution in [0.1, 0.15) is 10.4 Å². The number of carbonyl (C=O) groups is 1. The van der Waals surface area contributed by atoms with Gasteiger partial charge in [-0.1, -0.05) is 6.07 Å². The maximum atomic E-state index is 12.5. The average Bonchev–Trinajstić information content (AvgIpc) is 3.24. The molecule has 2 aromatic heterocycles. The van der Waals surface area contributed by atoms with E-state index in [9.17, 15) is 4.79 Å². The number of fused-ring (bicyclic) bond motifs is 2. The third-order valence-corrected chi connectivity index (χ3v) is 4.77. The van der Waals surface area contributed by atoms with Crippen LogP contribution in [0.2, 0.25) is 0 Å². The van der Waals surface area contributed by atoms with E-state index in [1.54, 1.807) is 7.11 Å². The zero-order valence-corrected chi connectivity index (χ0v) is 14.9. The lowest BCUT2D eigenvalue weighted by Crippen LogP contribution is -2.27. The van der Waals surface area contributed by atoms with E-state index in [0.29, 0.717) is 18.7 Å². The largest absolute Gasteiger partial charge is 0.497 e. The van der Waals surface area contributed by atoms with E-state index in [-0.39, 0.29) is 5.91 Å². The lowest BCUT2D eigenvalue weighted by atomic mass is 10.1. The van der Waals surface area contributed by atoms with Crippen LogP contribution in [0.3, 0.4) is 0 Å². The Bertz CT molecular complexity index is 1090. The SMILES string of the molecule is COc1ccc2c(ccn2CCNC(=O)c2ccc3ccn(C)c3c2)c1. The lowest BCUT2D eigenvalue weighted by molar-refractivity contribution is 0.0952. The van der Waals surface area contributed by atoms with Crippen molar-refractivity contribution in [3.05, 3.63) is 66.5 Å². The molecule has 0 bridgehead atoms. The van der Waals surface area contributed by atoms with Crippen LogP contribution in [0.15, 0.2) is 60.9 Å². The number of nitrogens with one attached hydrogen (secondary N) is 1. The molecular formula is C21H21N3O2. The summed E-state index contributed by atoms with van der Waals surface area (Å²) in [6.07, 6.45) is 4.03. The summed E-state index contributed by atoms with van der Waals surface area (Å²) in [6, 6.07) is 15.9. The maximum Gasteiger partial charge on any atom is 0.251 e. The van der Waals surface area contributed by atoms with Crippen LogP contribution in [-0.4, -0.2) is 28.7 Å². The van der Waals surface area contributed by atoms with Crippen molar-refractivity contribution in [1.29, 1.82) is 0 Å². The van der Waals surface area contributed by atoms with Gasteiger partial charge in [0.05, 0.1) is 7.11 Å². The zero-order valence-electron chi connectivity index (χ0n) is 14.9. The van der Waals surface area contributed by atoms with E-state index < -0.39 is 0 Å². The van der Waals surface area contributed by atoms with Crippen LogP contribution in [0.25, 0.3) is 21.8 Å². The summed E-state index contributed by atoms with van der Waals surface area (Å²) in [5, 5.41) is 5.27. The third kappa shape index (κ3) is 2.92. The molecule has 0 fully saturated rings. The molecule has 1 N–H and O–H groups in total. The second kappa shape index (κ2) is 6.59. The minimum Gasteiger partial charge on any atom is -0.497 e. The molecule has 0 saturated carbocycles. The van der Waals surface area contributed by atoms with Crippen LogP contribution in [0.5, 0.6) is 5.75 Å². The molecule has 0 saturated heterocycles. The summed E-state index contributed by atoms with van der Waals surface area (Å²) in [4.78, 5) is 12.5. The Labute approximate surface area is 151 Å². The van der Waals surface area contributed by atoms with Gasteiger partial charge in [0.1, 0.15) is 5.75 Å². The molecule has 0 aliphatic rings. The fourth-order valence-corrected chi connectivity index (χ4v) is 3.30. The van der Waals surface area contributed by atoms with Crippen molar-refractivity contribution in [3.63, 3.8) is 0 Å². The molecule has 132 valence electrons. The van der Waals surface area contributed by atoms with Gasteiger partial charge in [-0.2, -0.15) is 0 Å². The molecule has 0 spiro atoms. The fourth-order valence-electron chi connectivity index (χ4n) is 3.30. The number of amides is 1. The first-order valence-corrected chi connectivity index (χ1v) is 8.62. The van der Waals surface area contributed by atoms with Gasteiger partial charge < -0.3 is 19.2 Å². The Kier molecular flexibility index (Phi) is 4.13. The number of aryl methyl sites for hydroxylation is 1. The first kappa shape index (κ1) is 16.3. The summed E-state index contributed by atoms with van der Waals surface area (Å²) in [7, 11) is 3.65. The Balaban J connectivity index is 1.43. The Morgan fingerprint density at radius 1 is 1.00 bits per heavy atom. The second-order valence-corrected chi connectivity index (χ2v) is 6.39. The van der Waals surface area contributed by atoms with E-state index in [1.165, 1.54) is 0 Å². The van der Waals surface area contributed by atoms with Gasteiger partial charge in [0, 0.05) is 54.5 Å². The van der Waals surface area contributed by atoms with Crippen molar-refractivity contribution in [1.82, 2.24) is 14.5 Å². The molecule has 4 rings (SSSR count). The van der Waals surface area contributed by atoms with Gasteiger partial charge in [0.2, 0.25) is 0 Å². The summed E-state index contributed by atoms with van der Waals surface area (Å²) in [6.45, 7) is 1.29. The molecule has 0 atom stereocenters. The summed E-state index contributed by atoms with van der Waals surface area (Å²) in [5.41, 5.74) is 2.87. The van der Waals surface area contributed by atoms with E-state index in [2.05, 4.69) is 16.0 Å². The number of rotatable bonds is 5. The van der Waals surface area contributed by atoms with Gasteiger partial charge in [-0.25, -0.2) is 0 Å². The van der Waals surface area contributed by atoms with Crippen LogP contribution in [0, 0.1) is 0 Å². The molecule has 5 nitrogen and oxygen atoms in total. The van der Waals surface area contributed by atoms with E-state index in [1.807, 2.05) is 66.5 Å². The van der Waals surface area contributed by atoms with E-state index in [0.717, 1.165) is 27.6 Å². The topological polar surface area (TPSA) is 48.2 Å². The van der Waals surface area contributed by atoms with Crippen molar-refractivity contribution in [2.24, 2.45) is 7.05 Å². The highest BCUT2D eigenvalue weighted by molar-refractivity contribution is 5.98. The predicted octanol–water partition coefficient (Wildman–Crippen LogP) is 3.57. The molecule has 4 aromatic rings. The van der Waals surface area contributed by atoms with Crippen molar-refractivity contribution in [3.8, 4) is 5.75 Å². The minimum absolute atomic E-state index is 0.0498. The van der Waals surface area contributed by atoms with Gasteiger partial charge in [0.25, 0.3) is 5.91 Å². The third-order valence-electron chi connectivity index (χ3n) is 4.77. The summed E-state index contributed by atoms with van der Waals surface area (Å²) >= 11 is 0. The van der Waals surface area contributed by atoms with Gasteiger partial charge in [-0.15, -0.1) is 0 Å². The Morgan fingerprint density at radius 2 is 1.85 bits per heavy atom. The normalized spacial score (nSPS) is 11.2. The van der Waals surface area contributed by atoms with E-state index in [4.69, 9.17) is 4.74 Å². The standard InChI is InChI=1S/C21H21N3O2/c1-23-10-7-15-3-4-17(14-20(15)23)21(25)22-9-12-24-11-8-16-13-18(26-2)5-6-19(16)24/h3-8,10-11,13-14H,9,12H2,1-2H3,(H,22,25). The van der Waals surface area contributed by atoms with Crippen LogP contribution >= 0.6 is 0 Å². The number of aromatic nitrogens is 2. The number of methoxy groups -OCH3 is 1. The summed E-state index contributed by atoms with van der Waals surface area (Å²) in [5.74, 6) is 0.797. The van der Waals surface area contributed by atoms with E-state index >= 15 is 0 Å². The second-order valence-electron chi connectivity index (χ2n) is 6.39. The average molecular weight is 347 g/mol. The highest BCUT2D eigenvalue weighted by Gasteiger charge is 2.08. The first-order chi connectivity index (χ1) is 12.7. The molecule has 0 aliphatic carbocycles. The first-order valence-electron chi connectivity index (χ1n) is 8.62. The number of ether oxygens (including phenoxy) is 1. The lowest BCUT2D eigenvalue weighted by Gasteiger charge is -2.09. The molecular weight excluding hydrogens is 326 g/mol. The molecule has 2 heterocycles. The molecule has 0 unspecified atom stereocenters. The van der Waals surface area contributed by atoms with Crippen LogP contribution in [-0.2, 0) is 13.6 Å². The number of carbonyl (C=O) groups excluding carboxylic acids is 1. The van der Waals surface area contributed by atoms with Gasteiger partial charge >= 0.3 is 0 Å². The molecule has 0 aliphatic heterocycles. The van der Waals surface area contributed by atoms with Crippen LogP contribution < -0.4 is 10.1 Å². The monoisotopic (exact) mass is 347 g/mol. The number of nitrogens with zero attached hydrogens (tertiary/aromatic N) is 2. The Morgan fingerprint density at radius 3 is 2.69 bits per heavy atom. The Hall–Kier alpha value is -3.21. The van der Waals surface area contributed by atoms with Gasteiger partial charge in [-0.3, -0.25) is 4.79 Å². The van der Waals surface area contributed by atoms with Crippen molar-refractivity contribution in [2.45, 2.75) is 6.54 Å². The maximum absolute atomic E-state index is 12.5.